The maximum absolute atomic E-state index is 12.3. The lowest BCUT2D eigenvalue weighted by atomic mass is 10.1. The first-order chi connectivity index (χ1) is 12.7. The number of carbonyl (C=O) groups is 2. The average molecular weight is 374 g/mol. The standard InChI is InChI=1S/C18H22N4O3S/c1-25-9-5-8-19-17(24)14-11-16(23)22(12-14)18-21-20-15(26-18)10-13-6-3-2-4-7-13/h2-4,6-7,14H,5,8-12H2,1H3,(H,19,24). The van der Waals surface area contributed by atoms with Crippen LogP contribution in [0.4, 0.5) is 5.13 Å². The van der Waals surface area contributed by atoms with Gasteiger partial charge in [0.2, 0.25) is 16.9 Å². The summed E-state index contributed by atoms with van der Waals surface area (Å²) in [5, 5.41) is 12.6. The number of aromatic nitrogens is 2. The molecular weight excluding hydrogens is 352 g/mol. The van der Waals surface area contributed by atoms with Gasteiger partial charge in [-0.15, -0.1) is 10.2 Å². The van der Waals surface area contributed by atoms with Crippen LogP contribution in [0.5, 0.6) is 0 Å². The summed E-state index contributed by atoms with van der Waals surface area (Å²) in [5.41, 5.74) is 1.15. The molecule has 2 amide bonds. The van der Waals surface area contributed by atoms with E-state index < -0.39 is 0 Å². The number of ether oxygens (including phenoxy) is 1. The number of nitrogens with zero attached hydrogens (tertiary/aromatic N) is 3. The molecule has 1 atom stereocenters. The summed E-state index contributed by atoms with van der Waals surface area (Å²) in [6.45, 7) is 1.51. The topological polar surface area (TPSA) is 84.4 Å². The minimum atomic E-state index is -0.341. The van der Waals surface area contributed by atoms with Crippen LogP contribution in [-0.4, -0.2) is 48.8 Å². The second kappa shape index (κ2) is 8.86. The van der Waals surface area contributed by atoms with E-state index in [1.807, 2.05) is 30.3 Å². The Kier molecular flexibility index (Phi) is 6.30. The monoisotopic (exact) mass is 374 g/mol. The number of amides is 2. The number of carbonyl (C=O) groups excluding carboxylic acids is 2. The molecule has 0 spiro atoms. The maximum Gasteiger partial charge on any atom is 0.229 e. The summed E-state index contributed by atoms with van der Waals surface area (Å²) in [6, 6.07) is 10.0. The van der Waals surface area contributed by atoms with Crippen molar-refractivity contribution < 1.29 is 14.3 Å². The van der Waals surface area contributed by atoms with Crippen LogP contribution >= 0.6 is 11.3 Å². The lowest BCUT2D eigenvalue weighted by molar-refractivity contribution is -0.126. The third-order valence-electron chi connectivity index (χ3n) is 4.21. The summed E-state index contributed by atoms with van der Waals surface area (Å²) in [6.07, 6.45) is 1.65. The van der Waals surface area contributed by atoms with Crippen molar-refractivity contribution in [2.45, 2.75) is 19.3 Å². The zero-order chi connectivity index (χ0) is 18.4. The normalized spacial score (nSPS) is 16.9. The zero-order valence-corrected chi connectivity index (χ0v) is 15.5. The number of rotatable bonds is 8. The molecule has 1 N–H and O–H groups in total. The molecule has 2 heterocycles. The number of benzene rings is 1. The third-order valence-corrected chi connectivity index (χ3v) is 5.15. The van der Waals surface area contributed by atoms with Crippen LogP contribution in [0.25, 0.3) is 0 Å². The second-order valence-corrected chi connectivity index (χ2v) is 7.22. The van der Waals surface area contributed by atoms with E-state index in [9.17, 15) is 9.59 Å². The fourth-order valence-corrected chi connectivity index (χ4v) is 3.74. The molecule has 1 aromatic heterocycles. The van der Waals surface area contributed by atoms with Crippen LogP contribution in [0.15, 0.2) is 30.3 Å². The average Bonchev–Trinajstić information content (AvgIpc) is 3.26. The molecule has 3 rings (SSSR count). The van der Waals surface area contributed by atoms with Crippen molar-refractivity contribution in [1.29, 1.82) is 0 Å². The van der Waals surface area contributed by atoms with E-state index in [1.54, 1.807) is 12.0 Å². The molecule has 1 aromatic carbocycles. The molecule has 1 unspecified atom stereocenters. The van der Waals surface area contributed by atoms with Gasteiger partial charge in [0.15, 0.2) is 0 Å². The van der Waals surface area contributed by atoms with E-state index in [4.69, 9.17) is 4.74 Å². The molecule has 138 valence electrons. The Morgan fingerprint density at radius 3 is 2.92 bits per heavy atom. The summed E-state index contributed by atoms with van der Waals surface area (Å²) < 4.78 is 4.96. The highest BCUT2D eigenvalue weighted by molar-refractivity contribution is 7.15. The summed E-state index contributed by atoms with van der Waals surface area (Å²) in [4.78, 5) is 26.1. The van der Waals surface area contributed by atoms with Crippen molar-refractivity contribution in [3.63, 3.8) is 0 Å². The largest absolute Gasteiger partial charge is 0.385 e. The summed E-state index contributed by atoms with van der Waals surface area (Å²) in [7, 11) is 1.63. The van der Waals surface area contributed by atoms with Crippen LogP contribution in [0, 0.1) is 5.92 Å². The number of hydrogen-bond acceptors (Lipinski definition) is 6. The first kappa shape index (κ1) is 18.5. The lowest BCUT2D eigenvalue weighted by Gasteiger charge is -2.12. The van der Waals surface area contributed by atoms with Crippen LogP contribution in [-0.2, 0) is 20.7 Å². The van der Waals surface area contributed by atoms with Gasteiger partial charge in [0, 0.05) is 39.6 Å². The van der Waals surface area contributed by atoms with Gasteiger partial charge in [-0.2, -0.15) is 0 Å². The first-order valence-corrected chi connectivity index (χ1v) is 9.42. The van der Waals surface area contributed by atoms with Gasteiger partial charge in [-0.05, 0) is 12.0 Å². The van der Waals surface area contributed by atoms with Crippen molar-refractivity contribution >= 4 is 28.3 Å². The van der Waals surface area contributed by atoms with Gasteiger partial charge >= 0.3 is 0 Å². The number of nitrogens with one attached hydrogen (secondary N) is 1. The molecule has 1 fully saturated rings. The Balaban J connectivity index is 1.56. The smallest absolute Gasteiger partial charge is 0.229 e. The Labute approximate surface area is 156 Å². The van der Waals surface area contributed by atoms with E-state index >= 15 is 0 Å². The molecule has 0 radical (unpaired) electrons. The first-order valence-electron chi connectivity index (χ1n) is 8.60. The molecule has 26 heavy (non-hydrogen) atoms. The quantitative estimate of drug-likeness (QED) is 0.710. The lowest BCUT2D eigenvalue weighted by Crippen LogP contribution is -2.33. The molecule has 0 bridgehead atoms. The summed E-state index contributed by atoms with van der Waals surface area (Å²) in [5.74, 6) is -0.512. The SMILES string of the molecule is COCCCNC(=O)C1CC(=O)N(c2nnc(Cc3ccccc3)s2)C1. The van der Waals surface area contributed by atoms with Crippen LogP contribution < -0.4 is 10.2 Å². The second-order valence-electron chi connectivity index (χ2n) is 6.18. The number of methoxy groups -OCH3 is 1. The molecule has 8 heteroatoms. The predicted molar refractivity (Wildman–Crippen MR) is 99.1 cm³/mol. The van der Waals surface area contributed by atoms with Gasteiger partial charge < -0.3 is 10.1 Å². The van der Waals surface area contributed by atoms with Crippen molar-refractivity contribution in [2.75, 3.05) is 31.7 Å². The van der Waals surface area contributed by atoms with Gasteiger partial charge in [-0.1, -0.05) is 41.7 Å². The molecule has 1 aliphatic rings. The Hall–Kier alpha value is -2.32. The minimum Gasteiger partial charge on any atom is -0.385 e. The molecule has 2 aromatic rings. The zero-order valence-electron chi connectivity index (χ0n) is 14.7. The Bertz CT molecular complexity index is 750. The van der Waals surface area contributed by atoms with E-state index in [-0.39, 0.29) is 24.2 Å². The van der Waals surface area contributed by atoms with E-state index in [0.717, 1.165) is 17.0 Å². The number of anilines is 1. The molecule has 0 aliphatic carbocycles. The van der Waals surface area contributed by atoms with Gasteiger partial charge in [0.25, 0.3) is 0 Å². The molecule has 7 nitrogen and oxygen atoms in total. The summed E-state index contributed by atoms with van der Waals surface area (Å²) >= 11 is 1.40. The molecular formula is C18H22N4O3S. The van der Waals surface area contributed by atoms with Gasteiger partial charge in [0.05, 0.1) is 5.92 Å². The minimum absolute atomic E-state index is 0.0792. The van der Waals surface area contributed by atoms with Crippen LogP contribution in [0.3, 0.4) is 0 Å². The highest BCUT2D eigenvalue weighted by Crippen LogP contribution is 2.28. The van der Waals surface area contributed by atoms with Crippen molar-refractivity contribution in [2.24, 2.45) is 5.92 Å². The van der Waals surface area contributed by atoms with E-state index in [2.05, 4.69) is 15.5 Å². The maximum atomic E-state index is 12.3. The van der Waals surface area contributed by atoms with Crippen LogP contribution in [0.1, 0.15) is 23.4 Å². The van der Waals surface area contributed by atoms with Gasteiger partial charge in [-0.3, -0.25) is 14.5 Å². The van der Waals surface area contributed by atoms with Crippen molar-refractivity contribution in [3.8, 4) is 0 Å². The highest BCUT2D eigenvalue weighted by atomic mass is 32.1. The fraction of sp³-hybridized carbons (Fsp3) is 0.444. The molecule has 1 aliphatic heterocycles. The third kappa shape index (κ3) is 4.64. The molecule has 1 saturated heterocycles. The van der Waals surface area contributed by atoms with E-state index in [1.165, 1.54) is 11.3 Å². The Morgan fingerprint density at radius 2 is 2.15 bits per heavy atom. The van der Waals surface area contributed by atoms with Crippen LogP contribution in [0.2, 0.25) is 0 Å². The fourth-order valence-electron chi connectivity index (χ4n) is 2.84. The number of hydrogen-bond donors (Lipinski definition) is 1. The highest BCUT2D eigenvalue weighted by Gasteiger charge is 2.36. The van der Waals surface area contributed by atoms with Crippen molar-refractivity contribution in [1.82, 2.24) is 15.5 Å². The van der Waals surface area contributed by atoms with Gasteiger partial charge in [0.1, 0.15) is 5.01 Å². The Morgan fingerprint density at radius 1 is 1.35 bits per heavy atom. The van der Waals surface area contributed by atoms with Gasteiger partial charge in [-0.25, -0.2) is 0 Å². The predicted octanol–water partition coefficient (Wildman–Crippen LogP) is 1.63. The van der Waals surface area contributed by atoms with E-state index in [0.29, 0.717) is 31.2 Å². The van der Waals surface area contributed by atoms with Crippen molar-refractivity contribution in [3.05, 3.63) is 40.9 Å². The molecule has 0 saturated carbocycles.